The summed E-state index contributed by atoms with van der Waals surface area (Å²) in [6.07, 6.45) is 0. The van der Waals surface area contributed by atoms with Gasteiger partial charge in [0.25, 0.3) is 5.91 Å². The first-order chi connectivity index (χ1) is 18.3. The zero-order chi connectivity index (χ0) is 27.1. The Morgan fingerprint density at radius 1 is 0.921 bits per heavy atom. The Morgan fingerprint density at radius 3 is 2.21 bits per heavy atom. The Balaban J connectivity index is 1.61. The van der Waals surface area contributed by atoms with Gasteiger partial charge >= 0.3 is 0 Å². The van der Waals surface area contributed by atoms with Crippen molar-refractivity contribution in [1.82, 2.24) is 14.7 Å². The van der Waals surface area contributed by atoms with E-state index in [2.05, 4.69) is 5.32 Å². The molecule has 1 heterocycles. The second-order valence-electron chi connectivity index (χ2n) is 9.69. The fourth-order valence-electron chi connectivity index (χ4n) is 4.36. The highest BCUT2D eigenvalue weighted by atomic mass is 16.5. The molecule has 0 atom stereocenters. The summed E-state index contributed by atoms with van der Waals surface area (Å²) in [5.74, 6) is 0.823. The zero-order valence-electron chi connectivity index (χ0n) is 22.3. The van der Waals surface area contributed by atoms with Gasteiger partial charge in [-0.3, -0.25) is 9.59 Å². The first-order valence-electron chi connectivity index (χ1n) is 12.8. The van der Waals surface area contributed by atoms with Crippen molar-refractivity contribution in [2.75, 3.05) is 25.0 Å². The number of aromatic nitrogens is 2. The molecule has 0 bridgehead atoms. The van der Waals surface area contributed by atoms with Crippen LogP contribution < -0.4 is 10.1 Å². The van der Waals surface area contributed by atoms with Gasteiger partial charge in [0.2, 0.25) is 5.91 Å². The lowest BCUT2D eigenvalue weighted by Gasteiger charge is -2.24. The number of benzene rings is 3. The molecule has 4 aromatic rings. The van der Waals surface area contributed by atoms with Crippen LogP contribution in [0.3, 0.4) is 0 Å². The number of aryl methyl sites for hydroxylation is 2. The highest BCUT2D eigenvalue weighted by Crippen LogP contribution is 2.34. The van der Waals surface area contributed by atoms with Crippen molar-refractivity contribution < 1.29 is 14.3 Å². The van der Waals surface area contributed by atoms with Gasteiger partial charge in [-0.05, 0) is 49.1 Å². The van der Waals surface area contributed by atoms with Gasteiger partial charge in [-0.2, -0.15) is 5.10 Å². The van der Waals surface area contributed by atoms with E-state index < -0.39 is 0 Å². The lowest BCUT2D eigenvalue weighted by molar-refractivity contribution is -0.137. The molecule has 0 spiro atoms. The lowest BCUT2D eigenvalue weighted by atomic mass is 10.1. The topological polar surface area (TPSA) is 76.5 Å². The number of carbonyl (C=O) groups excluding carboxylic acids is 2. The van der Waals surface area contributed by atoms with Gasteiger partial charge in [-0.15, -0.1) is 0 Å². The molecule has 7 heteroatoms. The van der Waals surface area contributed by atoms with Crippen molar-refractivity contribution >= 4 is 17.6 Å². The molecule has 1 N–H and O–H groups in total. The zero-order valence-corrected chi connectivity index (χ0v) is 22.3. The van der Waals surface area contributed by atoms with Crippen LogP contribution in [0.25, 0.3) is 16.8 Å². The molecule has 0 saturated heterocycles. The quantitative estimate of drug-likeness (QED) is 0.299. The van der Waals surface area contributed by atoms with E-state index >= 15 is 0 Å². The lowest BCUT2D eigenvalue weighted by Crippen LogP contribution is -2.42. The maximum absolute atomic E-state index is 13.5. The van der Waals surface area contributed by atoms with Crippen LogP contribution in [0.1, 0.15) is 25.1 Å². The monoisotopic (exact) mass is 510 g/mol. The molecule has 38 heavy (non-hydrogen) atoms. The van der Waals surface area contributed by atoms with Gasteiger partial charge in [0.15, 0.2) is 6.61 Å². The maximum atomic E-state index is 13.5. The second-order valence-corrected chi connectivity index (χ2v) is 9.69. The summed E-state index contributed by atoms with van der Waals surface area (Å²) in [6, 6.07) is 27.0. The largest absolute Gasteiger partial charge is 0.484 e. The fraction of sp³-hybridized carbons (Fsp3) is 0.258. The van der Waals surface area contributed by atoms with Crippen molar-refractivity contribution in [3.05, 3.63) is 96.2 Å². The van der Waals surface area contributed by atoms with Crippen LogP contribution in [-0.2, 0) is 9.59 Å². The predicted octanol–water partition coefficient (Wildman–Crippen LogP) is 5.66. The van der Waals surface area contributed by atoms with Crippen LogP contribution in [0.2, 0.25) is 0 Å². The molecule has 196 valence electrons. The number of hydrogen-bond acceptors (Lipinski definition) is 4. The summed E-state index contributed by atoms with van der Waals surface area (Å²) in [4.78, 5) is 28.1. The molecule has 4 rings (SSSR count). The van der Waals surface area contributed by atoms with E-state index in [1.807, 2.05) is 100 Å². The SMILES string of the molecule is Cc1ccccc1-n1nc(C)c(-c2ccccc2)c1NC(=O)CN(CC(C)C)C(=O)COc1ccccc1. The number of rotatable bonds is 10. The first kappa shape index (κ1) is 26.7. The average Bonchev–Trinajstić information content (AvgIpc) is 3.23. The fourth-order valence-corrected chi connectivity index (χ4v) is 4.36. The van der Waals surface area contributed by atoms with Gasteiger partial charge in [-0.1, -0.05) is 80.6 Å². The van der Waals surface area contributed by atoms with Gasteiger partial charge in [0.05, 0.1) is 11.4 Å². The molecule has 0 unspecified atom stereocenters. The Labute approximate surface area is 224 Å². The van der Waals surface area contributed by atoms with Crippen LogP contribution in [0, 0.1) is 19.8 Å². The normalized spacial score (nSPS) is 10.9. The average molecular weight is 511 g/mol. The van der Waals surface area contributed by atoms with E-state index in [1.165, 1.54) is 0 Å². The number of nitrogens with one attached hydrogen (secondary N) is 1. The minimum Gasteiger partial charge on any atom is -0.484 e. The minimum absolute atomic E-state index is 0.0958. The van der Waals surface area contributed by atoms with E-state index in [4.69, 9.17) is 9.84 Å². The minimum atomic E-state index is -0.300. The predicted molar refractivity (Wildman–Crippen MR) is 150 cm³/mol. The summed E-state index contributed by atoms with van der Waals surface area (Å²) >= 11 is 0. The van der Waals surface area contributed by atoms with Crippen molar-refractivity contribution in [3.63, 3.8) is 0 Å². The molecule has 0 fully saturated rings. The highest BCUT2D eigenvalue weighted by molar-refractivity contribution is 5.98. The summed E-state index contributed by atoms with van der Waals surface area (Å²) in [5.41, 5.74) is 4.49. The maximum Gasteiger partial charge on any atom is 0.260 e. The van der Waals surface area contributed by atoms with Crippen LogP contribution in [-0.4, -0.2) is 46.2 Å². The Morgan fingerprint density at radius 2 is 1.55 bits per heavy atom. The number of para-hydroxylation sites is 2. The smallest absolute Gasteiger partial charge is 0.260 e. The summed E-state index contributed by atoms with van der Waals surface area (Å²) < 4.78 is 7.44. The Bertz CT molecular complexity index is 1380. The van der Waals surface area contributed by atoms with Crippen LogP contribution >= 0.6 is 0 Å². The Hall–Kier alpha value is -4.39. The van der Waals surface area contributed by atoms with E-state index in [-0.39, 0.29) is 30.9 Å². The molecule has 0 aliphatic heterocycles. The molecule has 2 amide bonds. The number of anilines is 1. The van der Waals surface area contributed by atoms with Gasteiger partial charge in [0, 0.05) is 12.1 Å². The van der Waals surface area contributed by atoms with E-state index in [9.17, 15) is 9.59 Å². The van der Waals surface area contributed by atoms with Crippen molar-refractivity contribution in [2.24, 2.45) is 5.92 Å². The molecular formula is C31H34N4O3. The number of ether oxygens (including phenoxy) is 1. The first-order valence-corrected chi connectivity index (χ1v) is 12.8. The number of hydrogen-bond donors (Lipinski definition) is 1. The van der Waals surface area contributed by atoms with Crippen LogP contribution in [0.5, 0.6) is 5.75 Å². The molecular weight excluding hydrogens is 476 g/mol. The van der Waals surface area contributed by atoms with E-state index in [0.29, 0.717) is 18.1 Å². The molecule has 0 aliphatic rings. The third-order valence-electron chi connectivity index (χ3n) is 6.10. The van der Waals surface area contributed by atoms with Gasteiger partial charge < -0.3 is 15.0 Å². The van der Waals surface area contributed by atoms with Crippen LogP contribution in [0.15, 0.2) is 84.9 Å². The third-order valence-corrected chi connectivity index (χ3v) is 6.10. The van der Waals surface area contributed by atoms with E-state index in [1.54, 1.807) is 21.7 Å². The summed E-state index contributed by atoms with van der Waals surface area (Å²) in [7, 11) is 0. The molecule has 0 saturated carbocycles. The second kappa shape index (κ2) is 12.2. The molecule has 1 aromatic heterocycles. The van der Waals surface area contributed by atoms with Crippen molar-refractivity contribution in [1.29, 1.82) is 0 Å². The summed E-state index contributed by atoms with van der Waals surface area (Å²) in [6.45, 7) is 8.17. The molecule has 3 aromatic carbocycles. The van der Waals surface area contributed by atoms with Crippen molar-refractivity contribution in [2.45, 2.75) is 27.7 Å². The van der Waals surface area contributed by atoms with E-state index in [0.717, 1.165) is 28.1 Å². The molecule has 0 aliphatic carbocycles. The number of nitrogens with zero attached hydrogens (tertiary/aromatic N) is 3. The Kier molecular flexibility index (Phi) is 8.58. The standard InChI is InChI=1S/C31H34N4O3/c1-22(2)19-34(29(37)21-38-26-16-9-6-10-17-26)20-28(36)32-31-30(25-14-7-5-8-15-25)24(4)33-35(31)27-18-12-11-13-23(27)3/h5-18,22H,19-21H2,1-4H3,(H,32,36). The number of carbonyl (C=O) groups is 2. The summed E-state index contributed by atoms with van der Waals surface area (Å²) in [5, 5.41) is 7.88. The molecule has 7 nitrogen and oxygen atoms in total. The van der Waals surface area contributed by atoms with Gasteiger partial charge in [-0.25, -0.2) is 4.68 Å². The third kappa shape index (κ3) is 6.48. The van der Waals surface area contributed by atoms with Crippen molar-refractivity contribution in [3.8, 4) is 22.6 Å². The van der Waals surface area contributed by atoms with Crippen LogP contribution in [0.4, 0.5) is 5.82 Å². The number of amides is 2. The highest BCUT2D eigenvalue weighted by Gasteiger charge is 2.24. The molecule has 0 radical (unpaired) electrons. The van der Waals surface area contributed by atoms with Gasteiger partial charge in [0.1, 0.15) is 18.1 Å².